The maximum atomic E-state index is 9.39. The predicted molar refractivity (Wildman–Crippen MR) is 145 cm³/mol. The molecule has 0 aliphatic carbocycles. The van der Waals surface area contributed by atoms with Gasteiger partial charge < -0.3 is 15.0 Å². The second-order valence-electron chi connectivity index (χ2n) is 9.98. The maximum Gasteiger partial charge on any atom is 0.228 e. The van der Waals surface area contributed by atoms with Crippen molar-refractivity contribution in [2.24, 2.45) is 0 Å². The van der Waals surface area contributed by atoms with Gasteiger partial charge in [-0.25, -0.2) is 9.97 Å². The van der Waals surface area contributed by atoms with Crippen LogP contribution in [-0.2, 0) is 5.54 Å². The van der Waals surface area contributed by atoms with Gasteiger partial charge in [0.05, 0.1) is 34.6 Å². The van der Waals surface area contributed by atoms with Gasteiger partial charge in [-0.1, -0.05) is 0 Å². The lowest BCUT2D eigenvalue weighted by atomic mass is 9.87. The fraction of sp³-hybridized carbons (Fsp3) is 0.407. The smallest absolute Gasteiger partial charge is 0.228 e. The third-order valence-electron chi connectivity index (χ3n) is 7.17. The number of thiophene rings is 1. The third-order valence-corrected chi connectivity index (χ3v) is 8.08. The van der Waals surface area contributed by atoms with Crippen LogP contribution >= 0.6 is 11.3 Å². The number of aromatic nitrogens is 4. The minimum Gasteiger partial charge on any atom is -0.492 e. The largest absolute Gasteiger partial charge is 0.492 e. The fourth-order valence-electron chi connectivity index (χ4n) is 5.33. The van der Waals surface area contributed by atoms with Gasteiger partial charge in [0.1, 0.15) is 17.9 Å². The molecule has 10 heteroatoms. The number of nitrogens with one attached hydrogen (secondary N) is 1. The molecule has 9 nitrogen and oxygen atoms in total. The Bertz CT molecular complexity index is 1410. The van der Waals surface area contributed by atoms with Gasteiger partial charge in [0.2, 0.25) is 5.95 Å². The number of ether oxygens (including phenoxy) is 1. The van der Waals surface area contributed by atoms with E-state index >= 15 is 0 Å². The summed E-state index contributed by atoms with van der Waals surface area (Å²) in [4.78, 5) is 14.3. The fourth-order valence-corrected chi connectivity index (χ4v) is 6.17. The Morgan fingerprint density at radius 1 is 1.14 bits per heavy atom. The molecule has 2 aliphatic rings. The lowest BCUT2D eigenvalue weighted by Gasteiger charge is -2.47. The van der Waals surface area contributed by atoms with Crippen molar-refractivity contribution in [1.82, 2.24) is 29.5 Å². The van der Waals surface area contributed by atoms with E-state index in [9.17, 15) is 5.26 Å². The summed E-state index contributed by atoms with van der Waals surface area (Å²) in [5.41, 5.74) is 3.28. The number of likely N-dealkylation sites (tertiary alicyclic amines) is 2. The van der Waals surface area contributed by atoms with E-state index in [0.717, 1.165) is 52.5 Å². The second-order valence-corrected chi connectivity index (χ2v) is 10.9. The highest BCUT2D eigenvalue weighted by atomic mass is 32.1. The van der Waals surface area contributed by atoms with Crippen molar-refractivity contribution in [3.63, 3.8) is 0 Å². The van der Waals surface area contributed by atoms with E-state index < -0.39 is 0 Å². The molecule has 2 fully saturated rings. The molecule has 4 aromatic rings. The molecule has 2 aliphatic heterocycles. The zero-order chi connectivity index (χ0) is 25.2. The van der Waals surface area contributed by atoms with Crippen LogP contribution in [0.1, 0.15) is 19.3 Å². The first-order valence-electron chi connectivity index (χ1n) is 12.7. The molecule has 5 heterocycles. The Morgan fingerprint density at radius 2 is 1.95 bits per heavy atom. The van der Waals surface area contributed by atoms with Crippen LogP contribution < -0.4 is 10.1 Å². The van der Waals surface area contributed by atoms with Crippen molar-refractivity contribution >= 4 is 33.2 Å². The number of nitrogens with zero attached hydrogens (tertiary/aromatic N) is 7. The van der Waals surface area contributed by atoms with Gasteiger partial charge >= 0.3 is 0 Å². The van der Waals surface area contributed by atoms with Gasteiger partial charge in [-0.05, 0) is 68.7 Å². The molecule has 0 saturated carbocycles. The predicted octanol–water partition coefficient (Wildman–Crippen LogP) is 4.33. The lowest BCUT2D eigenvalue weighted by molar-refractivity contribution is 0.0265. The van der Waals surface area contributed by atoms with Crippen molar-refractivity contribution in [2.75, 3.05) is 51.7 Å². The Morgan fingerprint density at radius 3 is 2.70 bits per heavy atom. The second kappa shape index (κ2) is 10.1. The minimum atomic E-state index is -0.275. The summed E-state index contributed by atoms with van der Waals surface area (Å²) in [7, 11) is 2.06. The van der Waals surface area contributed by atoms with Gasteiger partial charge in [-0.15, -0.1) is 11.3 Å². The van der Waals surface area contributed by atoms with Gasteiger partial charge in [-0.3, -0.25) is 9.58 Å². The Balaban J connectivity index is 1.19. The lowest BCUT2D eigenvalue weighted by Crippen LogP contribution is -2.61. The molecular weight excluding hydrogens is 484 g/mol. The van der Waals surface area contributed by atoms with E-state index in [1.807, 2.05) is 52.8 Å². The number of hydrogen-bond acceptors (Lipinski definition) is 9. The van der Waals surface area contributed by atoms with E-state index in [0.29, 0.717) is 19.0 Å². The first-order chi connectivity index (χ1) is 18.1. The molecule has 0 bridgehead atoms. The molecule has 1 N–H and O–H groups in total. The first-order valence-corrected chi connectivity index (χ1v) is 13.6. The SMILES string of the molecule is CN1CC(CC#N)(n2cc(-c3nc(Nc4ccc(OCCN5CCCC5)cc4)nc4ccsc34)cn2)C1. The molecule has 2 saturated heterocycles. The Labute approximate surface area is 220 Å². The van der Waals surface area contributed by atoms with E-state index in [-0.39, 0.29) is 5.54 Å². The highest BCUT2D eigenvalue weighted by Crippen LogP contribution is 2.35. The highest BCUT2D eigenvalue weighted by Gasteiger charge is 2.43. The summed E-state index contributed by atoms with van der Waals surface area (Å²) in [5, 5.41) is 19.4. The van der Waals surface area contributed by atoms with Gasteiger partial charge in [-0.2, -0.15) is 10.4 Å². The number of rotatable bonds is 9. The number of nitriles is 1. The van der Waals surface area contributed by atoms with Gasteiger partial charge in [0, 0.05) is 37.1 Å². The molecule has 1 aromatic carbocycles. The molecule has 0 unspecified atom stereocenters. The number of likely N-dealkylation sites (N-methyl/N-ethyl adjacent to an activating group) is 1. The third kappa shape index (κ3) is 4.90. The van der Waals surface area contributed by atoms with Crippen LogP contribution in [-0.4, -0.2) is 75.9 Å². The number of fused-ring (bicyclic) bond motifs is 1. The molecule has 0 spiro atoms. The monoisotopic (exact) mass is 514 g/mol. The normalized spacial score (nSPS) is 17.5. The van der Waals surface area contributed by atoms with E-state index in [2.05, 4.69) is 33.3 Å². The first kappa shape index (κ1) is 23.9. The summed E-state index contributed by atoms with van der Waals surface area (Å²) in [6, 6.07) is 12.3. The van der Waals surface area contributed by atoms with Gasteiger partial charge in [0.15, 0.2) is 0 Å². The summed E-state index contributed by atoms with van der Waals surface area (Å²) in [6.45, 7) is 5.66. The zero-order valence-electron chi connectivity index (χ0n) is 20.9. The Hall–Kier alpha value is -3.52. The molecule has 0 amide bonds. The molecule has 190 valence electrons. The average molecular weight is 515 g/mol. The van der Waals surface area contributed by atoms with E-state index in [1.54, 1.807) is 11.3 Å². The Kier molecular flexibility index (Phi) is 6.50. The maximum absolute atomic E-state index is 9.39. The van der Waals surface area contributed by atoms with Crippen LogP contribution in [0.5, 0.6) is 5.75 Å². The summed E-state index contributed by atoms with van der Waals surface area (Å²) in [6.07, 6.45) is 6.88. The molecule has 37 heavy (non-hydrogen) atoms. The quantitative estimate of drug-likeness (QED) is 0.353. The topological polar surface area (TPSA) is 95.1 Å². The molecule has 0 atom stereocenters. The highest BCUT2D eigenvalue weighted by molar-refractivity contribution is 7.17. The van der Waals surface area contributed by atoms with Crippen LogP contribution in [0.15, 0.2) is 48.1 Å². The van der Waals surface area contributed by atoms with Crippen LogP contribution in [0.2, 0.25) is 0 Å². The minimum absolute atomic E-state index is 0.275. The average Bonchev–Trinajstić information content (AvgIpc) is 3.66. The number of hydrogen-bond donors (Lipinski definition) is 1. The van der Waals surface area contributed by atoms with Crippen molar-refractivity contribution < 1.29 is 4.74 Å². The van der Waals surface area contributed by atoms with Crippen molar-refractivity contribution in [2.45, 2.75) is 24.8 Å². The van der Waals surface area contributed by atoms with Crippen molar-refractivity contribution in [1.29, 1.82) is 5.26 Å². The van der Waals surface area contributed by atoms with Crippen LogP contribution in [0.3, 0.4) is 0 Å². The van der Waals surface area contributed by atoms with Crippen LogP contribution in [0.4, 0.5) is 11.6 Å². The van der Waals surface area contributed by atoms with Crippen LogP contribution in [0.25, 0.3) is 21.5 Å². The van der Waals surface area contributed by atoms with E-state index in [4.69, 9.17) is 14.7 Å². The number of benzene rings is 1. The van der Waals surface area contributed by atoms with Crippen LogP contribution in [0, 0.1) is 11.3 Å². The molecule has 3 aromatic heterocycles. The molecule has 0 radical (unpaired) electrons. The number of anilines is 2. The summed E-state index contributed by atoms with van der Waals surface area (Å²) >= 11 is 1.62. The summed E-state index contributed by atoms with van der Waals surface area (Å²) < 4.78 is 8.90. The molecular formula is C27H30N8OS. The zero-order valence-corrected chi connectivity index (χ0v) is 21.7. The van der Waals surface area contributed by atoms with Crippen molar-refractivity contribution in [3.8, 4) is 23.1 Å². The standard InChI is InChI=1S/C27H30N8OS/c1-33-18-27(19-33,9-10-28)35-17-20(16-29-35)24-25-23(8-15-37-25)31-26(32-24)30-21-4-6-22(7-5-21)36-14-13-34-11-2-3-12-34/h4-8,15-17H,2-3,9,11-14,18-19H2,1H3,(H,30,31,32). The van der Waals surface area contributed by atoms with Crippen molar-refractivity contribution in [3.05, 3.63) is 48.1 Å². The van der Waals surface area contributed by atoms with E-state index in [1.165, 1.54) is 25.9 Å². The molecule has 6 rings (SSSR count). The van der Waals surface area contributed by atoms with Gasteiger partial charge in [0.25, 0.3) is 0 Å². The summed E-state index contributed by atoms with van der Waals surface area (Å²) in [5.74, 6) is 1.39.